The van der Waals surface area contributed by atoms with Crippen molar-refractivity contribution in [3.63, 3.8) is 0 Å². The molecule has 0 spiro atoms. The first-order chi connectivity index (χ1) is 10.4. The van der Waals surface area contributed by atoms with E-state index in [1.165, 1.54) is 18.2 Å². The Balaban J connectivity index is 1.98. The van der Waals surface area contributed by atoms with Crippen LogP contribution in [0.4, 0.5) is 18.9 Å². The van der Waals surface area contributed by atoms with Gasteiger partial charge in [0.2, 0.25) is 0 Å². The summed E-state index contributed by atoms with van der Waals surface area (Å²) < 4.78 is 38.6. The van der Waals surface area contributed by atoms with E-state index in [0.717, 1.165) is 15.8 Å². The second-order valence-corrected chi connectivity index (χ2v) is 6.01. The van der Waals surface area contributed by atoms with Crippen LogP contribution in [0.5, 0.6) is 0 Å². The molecule has 0 bridgehead atoms. The molecule has 3 nitrogen and oxygen atoms in total. The summed E-state index contributed by atoms with van der Waals surface area (Å²) in [5.41, 5.74) is -1.04. The van der Waals surface area contributed by atoms with Gasteiger partial charge in [0.25, 0.3) is 5.91 Å². The normalized spacial score (nSPS) is 12.9. The van der Waals surface area contributed by atoms with Crippen LogP contribution in [0.3, 0.4) is 0 Å². The molecular weight excluding hydrogens is 313 g/mol. The molecule has 0 aliphatic rings. The summed E-state index contributed by atoms with van der Waals surface area (Å²) in [5.74, 6) is -0.439. The second kappa shape index (κ2) is 6.93. The second-order valence-electron chi connectivity index (χ2n) is 4.98. The van der Waals surface area contributed by atoms with Gasteiger partial charge in [-0.2, -0.15) is 13.2 Å². The Morgan fingerprint density at radius 1 is 1.23 bits per heavy atom. The average molecular weight is 329 g/mol. The molecule has 0 fully saturated rings. The zero-order valence-electron chi connectivity index (χ0n) is 11.9. The summed E-state index contributed by atoms with van der Waals surface area (Å²) in [7, 11) is 1.83. The van der Waals surface area contributed by atoms with E-state index in [1.54, 1.807) is 11.3 Å². The monoisotopic (exact) mass is 329 g/mol. The third-order valence-electron chi connectivity index (χ3n) is 3.02. The summed E-state index contributed by atoms with van der Waals surface area (Å²) in [6.45, 7) is 0.760. The first kappa shape index (κ1) is 16.5. The minimum atomic E-state index is -4.49. The highest BCUT2D eigenvalue weighted by atomic mass is 32.1. The topological polar surface area (TPSA) is 33.5 Å². The maximum atomic E-state index is 12.9. The molecule has 0 saturated carbocycles. The number of thiophene rings is 1. The number of rotatable bonds is 5. The number of hydrogen-bond donors (Lipinski definition) is 2. The number of carbonyl (C=O) groups excluding carboxylic acids is 1. The highest BCUT2D eigenvalue weighted by Crippen LogP contribution is 2.34. The Hall–Kier alpha value is -1.86. The van der Waals surface area contributed by atoms with Crippen molar-refractivity contribution in [1.29, 1.82) is 0 Å². The van der Waals surface area contributed by atoms with Gasteiger partial charge in [0.1, 0.15) is 6.54 Å². The van der Waals surface area contributed by atoms with Crippen molar-refractivity contribution in [3.05, 3.63) is 52.2 Å². The number of amides is 1. The van der Waals surface area contributed by atoms with Crippen molar-refractivity contribution in [2.24, 2.45) is 0 Å². The Morgan fingerprint density at radius 3 is 2.59 bits per heavy atom. The minimum absolute atomic E-state index is 0.101. The molecule has 0 saturated heterocycles. The van der Waals surface area contributed by atoms with Crippen LogP contribution >= 0.6 is 11.3 Å². The molecular formula is C15H16F3N2OS+. The van der Waals surface area contributed by atoms with Gasteiger partial charge >= 0.3 is 6.18 Å². The van der Waals surface area contributed by atoms with Gasteiger partial charge in [-0.3, -0.25) is 4.79 Å². The fraction of sp³-hybridized carbons (Fsp3) is 0.267. The minimum Gasteiger partial charge on any atom is -0.325 e. The first-order valence-corrected chi connectivity index (χ1v) is 7.54. The molecule has 1 aromatic heterocycles. The van der Waals surface area contributed by atoms with E-state index >= 15 is 0 Å². The van der Waals surface area contributed by atoms with E-state index in [1.807, 2.05) is 24.6 Å². The van der Waals surface area contributed by atoms with E-state index in [2.05, 4.69) is 5.32 Å². The molecule has 118 valence electrons. The third kappa shape index (κ3) is 4.57. The first-order valence-electron chi connectivity index (χ1n) is 6.66. The number of halogens is 3. The number of quaternary nitrogens is 1. The highest BCUT2D eigenvalue weighted by molar-refractivity contribution is 7.09. The van der Waals surface area contributed by atoms with E-state index in [0.29, 0.717) is 6.54 Å². The predicted molar refractivity (Wildman–Crippen MR) is 79.9 cm³/mol. The summed E-state index contributed by atoms with van der Waals surface area (Å²) in [5, 5.41) is 4.30. The molecule has 7 heteroatoms. The Labute approximate surface area is 130 Å². The SMILES string of the molecule is C[NH+](CC(=O)Nc1ccccc1C(F)(F)F)Cc1cccs1. The average Bonchev–Trinajstić information content (AvgIpc) is 2.90. The van der Waals surface area contributed by atoms with Crippen LogP contribution in [0.2, 0.25) is 0 Å². The molecule has 22 heavy (non-hydrogen) atoms. The van der Waals surface area contributed by atoms with Crippen LogP contribution in [-0.2, 0) is 17.5 Å². The predicted octanol–water partition coefficient (Wildman–Crippen LogP) is 2.42. The number of benzene rings is 1. The van der Waals surface area contributed by atoms with Crippen LogP contribution in [0.15, 0.2) is 41.8 Å². The lowest BCUT2D eigenvalue weighted by Gasteiger charge is -2.15. The van der Waals surface area contributed by atoms with Crippen LogP contribution < -0.4 is 10.2 Å². The number of alkyl halides is 3. The van der Waals surface area contributed by atoms with Crippen molar-refractivity contribution in [3.8, 4) is 0 Å². The van der Waals surface area contributed by atoms with Crippen molar-refractivity contribution in [2.45, 2.75) is 12.7 Å². The highest BCUT2D eigenvalue weighted by Gasteiger charge is 2.33. The molecule has 0 aliphatic heterocycles. The van der Waals surface area contributed by atoms with Gasteiger partial charge in [-0.25, -0.2) is 0 Å². The van der Waals surface area contributed by atoms with Crippen LogP contribution in [0.25, 0.3) is 0 Å². The Kier molecular flexibility index (Phi) is 5.20. The largest absolute Gasteiger partial charge is 0.418 e. The third-order valence-corrected chi connectivity index (χ3v) is 3.90. The lowest BCUT2D eigenvalue weighted by molar-refractivity contribution is -0.884. The quantitative estimate of drug-likeness (QED) is 0.868. The lowest BCUT2D eigenvalue weighted by atomic mass is 10.1. The lowest BCUT2D eigenvalue weighted by Crippen LogP contribution is -3.08. The van der Waals surface area contributed by atoms with Crippen molar-refractivity contribution < 1.29 is 22.9 Å². The molecule has 0 aliphatic carbocycles. The van der Waals surface area contributed by atoms with Crippen molar-refractivity contribution >= 4 is 22.9 Å². The fourth-order valence-electron chi connectivity index (χ4n) is 2.08. The number of likely N-dealkylation sites (N-methyl/N-ethyl adjacent to an activating group) is 1. The molecule has 1 amide bonds. The fourth-order valence-corrected chi connectivity index (χ4v) is 2.90. The van der Waals surface area contributed by atoms with Crippen LogP contribution in [0, 0.1) is 0 Å². The van der Waals surface area contributed by atoms with Crippen molar-refractivity contribution in [1.82, 2.24) is 0 Å². The molecule has 1 heterocycles. The van der Waals surface area contributed by atoms with Gasteiger partial charge in [0, 0.05) is 0 Å². The maximum absolute atomic E-state index is 12.9. The summed E-state index contributed by atoms with van der Waals surface area (Å²) in [6, 6.07) is 8.87. The van der Waals surface area contributed by atoms with Gasteiger partial charge in [0.05, 0.1) is 23.2 Å². The smallest absolute Gasteiger partial charge is 0.325 e. The summed E-state index contributed by atoms with van der Waals surface area (Å²) in [6.07, 6.45) is -4.49. The molecule has 1 unspecified atom stereocenters. The van der Waals surface area contributed by atoms with Crippen LogP contribution in [0.1, 0.15) is 10.4 Å². The van der Waals surface area contributed by atoms with Crippen molar-refractivity contribution in [2.75, 3.05) is 18.9 Å². The molecule has 2 rings (SSSR count). The van der Waals surface area contributed by atoms with Gasteiger partial charge in [-0.1, -0.05) is 18.2 Å². The maximum Gasteiger partial charge on any atom is 0.418 e. The standard InChI is InChI=1S/C15H15F3N2OS/c1-20(9-11-5-4-8-22-11)10-14(21)19-13-7-3-2-6-12(13)15(16,17)18/h2-8H,9-10H2,1H3,(H,19,21)/p+1. The Bertz CT molecular complexity index is 626. The van der Waals surface area contributed by atoms with Gasteiger partial charge in [-0.05, 0) is 23.6 Å². The van der Waals surface area contributed by atoms with Gasteiger partial charge < -0.3 is 10.2 Å². The van der Waals surface area contributed by atoms with Gasteiger partial charge in [0.15, 0.2) is 6.54 Å². The molecule has 1 atom stereocenters. The van der Waals surface area contributed by atoms with Crippen LogP contribution in [-0.4, -0.2) is 19.5 Å². The van der Waals surface area contributed by atoms with Gasteiger partial charge in [-0.15, -0.1) is 11.3 Å². The van der Waals surface area contributed by atoms with E-state index < -0.39 is 17.6 Å². The molecule has 1 aromatic carbocycles. The summed E-state index contributed by atoms with van der Waals surface area (Å²) >= 11 is 1.59. The van der Waals surface area contributed by atoms with E-state index in [4.69, 9.17) is 0 Å². The zero-order chi connectivity index (χ0) is 16.2. The molecule has 2 aromatic rings. The number of carbonyl (C=O) groups is 1. The number of nitrogens with one attached hydrogen (secondary N) is 2. The summed E-state index contributed by atoms with van der Waals surface area (Å²) in [4.78, 5) is 14.0. The van der Waals surface area contributed by atoms with E-state index in [9.17, 15) is 18.0 Å². The van der Waals surface area contributed by atoms with E-state index in [-0.39, 0.29) is 12.2 Å². The number of para-hydroxylation sites is 1. The molecule has 2 N–H and O–H groups in total. The zero-order valence-corrected chi connectivity index (χ0v) is 12.7. The number of anilines is 1. The number of hydrogen-bond acceptors (Lipinski definition) is 2. The molecule has 0 radical (unpaired) electrons. The Morgan fingerprint density at radius 2 is 1.95 bits per heavy atom.